The highest BCUT2D eigenvalue weighted by Gasteiger charge is 2.44. The van der Waals surface area contributed by atoms with E-state index >= 15 is 0 Å². The minimum atomic E-state index is -0.499. The van der Waals surface area contributed by atoms with E-state index < -0.39 is 5.97 Å². The van der Waals surface area contributed by atoms with Gasteiger partial charge in [0.25, 0.3) is 0 Å². The van der Waals surface area contributed by atoms with Crippen LogP contribution in [0.3, 0.4) is 0 Å². The van der Waals surface area contributed by atoms with E-state index in [-0.39, 0.29) is 36.6 Å². The molecule has 28 heavy (non-hydrogen) atoms. The fraction of sp³-hybridized carbons (Fsp3) is 0.286. The number of hydrogen-bond donors (Lipinski definition) is 2. The van der Waals surface area contributed by atoms with Crippen LogP contribution < -0.4 is 10.6 Å². The number of rotatable bonds is 7. The van der Waals surface area contributed by atoms with Crippen molar-refractivity contribution in [3.8, 4) is 0 Å². The third-order valence-electron chi connectivity index (χ3n) is 4.68. The van der Waals surface area contributed by atoms with Crippen LogP contribution in [0.5, 0.6) is 0 Å². The van der Waals surface area contributed by atoms with E-state index in [9.17, 15) is 14.4 Å². The maximum atomic E-state index is 12.4. The first-order valence-corrected chi connectivity index (χ1v) is 9.33. The quantitative estimate of drug-likeness (QED) is 0.700. The summed E-state index contributed by atoms with van der Waals surface area (Å²) in [4.78, 5) is 35.3. The lowest BCUT2D eigenvalue weighted by Gasteiger charge is -2.08. The summed E-state index contributed by atoms with van der Waals surface area (Å²) in [6.45, 7) is -0.155. The van der Waals surface area contributed by atoms with Gasteiger partial charge >= 0.3 is 5.97 Å². The molecule has 6 nitrogen and oxygen atoms in total. The summed E-state index contributed by atoms with van der Waals surface area (Å²) in [5.41, 5.74) is 2.46. The molecule has 2 N–H and O–H groups in total. The lowest BCUT2D eigenvalue weighted by atomic mass is 10.1. The van der Waals surface area contributed by atoms with Crippen molar-refractivity contribution in [2.24, 2.45) is 5.92 Å². The zero-order valence-electron chi connectivity index (χ0n) is 15.4. The Bertz CT molecular complexity index is 882. The molecule has 0 spiro atoms. The van der Waals surface area contributed by atoms with Crippen molar-refractivity contribution in [3.63, 3.8) is 0 Å². The van der Waals surface area contributed by atoms with Gasteiger partial charge in [-0.3, -0.25) is 14.4 Å². The van der Waals surface area contributed by atoms with Crippen LogP contribution >= 0.6 is 11.6 Å². The lowest BCUT2D eigenvalue weighted by Crippen LogP contribution is -2.31. The number of halogens is 1. The number of methoxy groups -OCH3 is 1. The summed E-state index contributed by atoms with van der Waals surface area (Å²) in [5.74, 6) is -0.729. The fourth-order valence-corrected chi connectivity index (χ4v) is 3.31. The molecule has 7 heteroatoms. The van der Waals surface area contributed by atoms with Crippen molar-refractivity contribution in [2.45, 2.75) is 18.8 Å². The van der Waals surface area contributed by atoms with Crippen molar-refractivity contribution < 1.29 is 19.1 Å². The minimum Gasteiger partial charge on any atom is -0.468 e. The van der Waals surface area contributed by atoms with Gasteiger partial charge in [-0.2, -0.15) is 0 Å². The van der Waals surface area contributed by atoms with Crippen molar-refractivity contribution in [1.29, 1.82) is 0 Å². The minimum absolute atomic E-state index is 0.0338. The Morgan fingerprint density at radius 1 is 1.11 bits per heavy atom. The molecule has 2 unspecified atom stereocenters. The van der Waals surface area contributed by atoms with Crippen molar-refractivity contribution in [3.05, 3.63) is 64.7 Å². The normalized spacial score (nSPS) is 17.5. The first-order chi connectivity index (χ1) is 13.5. The van der Waals surface area contributed by atoms with E-state index in [1.165, 1.54) is 7.11 Å². The molecular formula is C21H21ClN2O4. The first kappa shape index (κ1) is 19.9. The van der Waals surface area contributed by atoms with Crippen LogP contribution in [-0.2, 0) is 25.5 Å². The Kier molecular flexibility index (Phi) is 6.31. The van der Waals surface area contributed by atoms with E-state index in [2.05, 4.69) is 15.4 Å². The number of carbonyl (C=O) groups is 3. The van der Waals surface area contributed by atoms with Crippen LogP contribution in [0.4, 0.5) is 5.69 Å². The Morgan fingerprint density at radius 3 is 2.50 bits per heavy atom. The maximum Gasteiger partial charge on any atom is 0.325 e. The number of ether oxygens (including phenoxy) is 1. The Morgan fingerprint density at radius 2 is 1.82 bits per heavy atom. The molecule has 2 amide bonds. The molecule has 3 rings (SSSR count). The number of hydrogen-bond acceptors (Lipinski definition) is 4. The molecule has 1 fully saturated rings. The van der Waals surface area contributed by atoms with E-state index in [4.69, 9.17) is 11.6 Å². The van der Waals surface area contributed by atoms with E-state index in [1.54, 1.807) is 24.3 Å². The number of amides is 2. The first-order valence-electron chi connectivity index (χ1n) is 8.95. The Balaban J connectivity index is 1.49. The highest BCUT2D eigenvalue weighted by molar-refractivity contribution is 6.31. The van der Waals surface area contributed by atoms with Gasteiger partial charge in [-0.25, -0.2) is 0 Å². The smallest absolute Gasteiger partial charge is 0.325 e. The highest BCUT2D eigenvalue weighted by Crippen LogP contribution is 2.49. The molecule has 0 radical (unpaired) electrons. The third kappa shape index (κ3) is 5.10. The lowest BCUT2D eigenvalue weighted by molar-refractivity contribution is -0.141. The average Bonchev–Trinajstić information content (AvgIpc) is 3.48. The van der Waals surface area contributed by atoms with Gasteiger partial charge in [0.2, 0.25) is 11.8 Å². The molecule has 0 heterocycles. The largest absolute Gasteiger partial charge is 0.468 e. The second-order valence-corrected chi connectivity index (χ2v) is 7.09. The van der Waals surface area contributed by atoms with Gasteiger partial charge in [0, 0.05) is 16.6 Å². The summed E-state index contributed by atoms with van der Waals surface area (Å²) in [7, 11) is 1.26. The van der Waals surface area contributed by atoms with Gasteiger partial charge in [-0.05, 0) is 41.7 Å². The molecular weight excluding hydrogens is 380 g/mol. The van der Waals surface area contributed by atoms with Crippen LogP contribution in [-0.4, -0.2) is 31.4 Å². The van der Waals surface area contributed by atoms with Gasteiger partial charge in [-0.15, -0.1) is 0 Å². The predicted molar refractivity (Wildman–Crippen MR) is 106 cm³/mol. The summed E-state index contributed by atoms with van der Waals surface area (Å²) in [5, 5.41) is 6.08. The molecule has 1 aliphatic rings. The summed E-state index contributed by atoms with van der Waals surface area (Å²) < 4.78 is 4.47. The molecule has 1 saturated carbocycles. The van der Waals surface area contributed by atoms with Crippen LogP contribution in [0.25, 0.3) is 0 Å². The topological polar surface area (TPSA) is 84.5 Å². The molecule has 2 atom stereocenters. The number of carbonyl (C=O) groups excluding carboxylic acids is 3. The van der Waals surface area contributed by atoms with E-state index in [1.807, 2.05) is 24.3 Å². The molecule has 0 aromatic heterocycles. The van der Waals surface area contributed by atoms with Crippen molar-refractivity contribution >= 4 is 35.1 Å². The molecule has 2 aromatic rings. The summed E-state index contributed by atoms with van der Waals surface area (Å²) >= 11 is 6.21. The second-order valence-electron chi connectivity index (χ2n) is 6.69. The van der Waals surface area contributed by atoms with Gasteiger partial charge in [0.15, 0.2) is 0 Å². The standard InChI is InChI=1S/C21H21ClN2O4/c1-28-20(26)12-23-19(25)10-13-6-8-14(9-7-13)24-21(27)17-11-16(17)15-4-2-3-5-18(15)22/h2-9,16-17H,10-12H2,1H3,(H,23,25)(H,24,27). The fourth-order valence-electron chi connectivity index (χ4n) is 3.04. The highest BCUT2D eigenvalue weighted by atomic mass is 35.5. The molecule has 1 aliphatic carbocycles. The van der Waals surface area contributed by atoms with Gasteiger partial charge in [-0.1, -0.05) is 41.9 Å². The number of anilines is 1. The van der Waals surface area contributed by atoms with Crippen LogP contribution in [0.2, 0.25) is 5.02 Å². The molecule has 0 saturated heterocycles. The van der Waals surface area contributed by atoms with E-state index in [0.29, 0.717) is 10.7 Å². The number of nitrogens with one attached hydrogen (secondary N) is 2. The molecule has 2 aromatic carbocycles. The Hall–Kier alpha value is -2.86. The van der Waals surface area contributed by atoms with Gasteiger partial charge in [0.1, 0.15) is 6.54 Å². The summed E-state index contributed by atoms with van der Waals surface area (Å²) in [6, 6.07) is 14.7. The van der Waals surface area contributed by atoms with E-state index in [0.717, 1.165) is 17.5 Å². The second kappa shape index (κ2) is 8.89. The van der Waals surface area contributed by atoms with Crippen LogP contribution in [0.15, 0.2) is 48.5 Å². The zero-order valence-corrected chi connectivity index (χ0v) is 16.2. The number of benzene rings is 2. The van der Waals surface area contributed by atoms with Crippen LogP contribution in [0, 0.1) is 5.92 Å². The average molecular weight is 401 g/mol. The maximum absolute atomic E-state index is 12.4. The number of esters is 1. The Labute approximate surface area is 168 Å². The van der Waals surface area contributed by atoms with Gasteiger partial charge < -0.3 is 15.4 Å². The van der Waals surface area contributed by atoms with Crippen molar-refractivity contribution in [2.75, 3.05) is 19.0 Å². The van der Waals surface area contributed by atoms with Gasteiger partial charge in [0.05, 0.1) is 13.5 Å². The third-order valence-corrected chi connectivity index (χ3v) is 5.02. The predicted octanol–water partition coefficient (Wildman–Crippen LogP) is 2.91. The van der Waals surface area contributed by atoms with Crippen LogP contribution in [0.1, 0.15) is 23.5 Å². The monoisotopic (exact) mass is 400 g/mol. The molecule has 0 bridgehead atoms. The summed E-state index contributed by atoms with van der Waals surface area (Å²) in [6.07, 6.45) is 0.927. The molecule has 146 valence electrons. The van der Waals surface area contributed by atoms with Crippen molar-refractivity contribution in [1.82, 2.24) is 5.32 Å². The SMILES string of the molecule is COC(=O)CNC(=O)Cc1ccc(NC(=O)C2CC2c2ccccc2Cl)cc1. The zero-order chi connectivity index (χ0) is 20.1. The molecule has 0 aliphatic heterocycles.